The van der Waals surface area contributed by atoms with E-state index in [-0.39, 0.29) is 33.7 Å². The van der Waals surface area contributed by atoms with Crippen molar-refractivity contribution in [3.8, 4) is 11.5 Å². The van der Waals surface area contributed by atoms with Crippen LogP contribution in [0.1, 0.15) is 27.5 Å². The molecule has 0 saturated carbocycles. The Hall–Kier alpha value is -4.07. The molecule has 1 unspecified atom stereocenters. The zero-order valence-corrected chi connectivity index (χ0v) is 19.1. The van der Waals surface area contributed by atoms with Crippen LogP contribution in [0.4, 0.5) is 13.2 Å². The van der Waals surface area contributed by atoms with Crippen LogP contribution in [0.2, 0.25) is 0 Å². The van der Waals surface area contributed by atoms with Crippen molar-refractivity contribution in [3.63, 3.8) is 0 Å². The highest BCUT2D eigenvalue weighted by atomic mass is 32.2. The monoisotopic (exact) mass is 526 g/mol. The van der Waals surface area contributed by atoms with E-state index in [9.17, 15) is 41.1 Å². The lowest BCUT2D eigenvalue weighted by Crippen LogP contribution is -2.39. The Labute approximate surface area is 200 Å². The van der Waals surface area contributed by atoms with Crippen molar-refractivity contribution in [2.75, 3.05) is 19.4 Å². The van der Waals surface area contributed by atoms with E-state index in [1.165, 1.54) is 0 Å². The SMILES string of the molecule is CS(=O)(=O)c1cc2c3c(c1)c(O)c(C(=O)NCC(=O)O)c(=O)n3C(c1ccc(C(F)(F)F)cc1)CO2. The molecule has 2 heterocycles. The summed E-state index contributed by atoms with van der Waals surface area (Å²) >= 11 is 0. The van der Waals surface area contributed by atoms with Crippen molar-refractivity contribution < 1.29 is 46.1 Å². The van der Waals surface area contributed by atoms with Gasteiger partial charge in [-0.25, -0.2) is 8.42 Å². The van der Waals surface area contributed by atoms with Crippen molar-refractivity contribution >= 4 is 32.6 Å². The van der Waals surface area contributed by atoms with Crippen LogP contribution in [-0.2, 0) is 20.8 Å². The van der Waals surface area contributed by atoms with Crippen molar-refractivity contribution in [3.05, 3.63) is 63.4 Å². The van der Waals surface area contributed by atoms with Gasteiger partial charge in [0.05, 0.1) is 22.0 Å². The van der Waals surface area contributed by atoms with Gasteiger partial charge in [-0.1, -0.05) is 12.1 Å². The molecule has 0 saturated heterocycles. The van der Waals surface area contributed by atoms with Gasteiger partial charge in [-0.05, 0) is 23.8 Å². The first-order valence-corrected chi connectivity index (χ1v) is 12.0. The van der Waals surface area contributed by atoms with E-state index in [1.54, 1.807) is 0 Å². The number of rotatable bonds is 5. The molecule has 190 valence electrons. The summed E-state index contributed by atoms with van der Waals surface area (Å²) in [5.41, 5.74) is -2.76. The van der Waals surface area contributed by atoms with E-state index in [1.807, 2.05) is 5.32 Å². The van der Waals surface area contributed by atoms with Gasteiger partial charge in [-0.15, -0.1) is 0 Å². The first kappa shape index (κ1) is 25.0. The molecular weight excluding hydrogens is 509 g/mol. The molecule has 1 aromatic heterocycles. The Morgan fingerprint density at radius 1 is 1.19 bits per heavy atom. The zero-order chi connectivity index (χ0) is 26.6. The van der Waals surface area contributed by atoms with Gasteiger partial charge in [-0.3, -0.25) is 19.0 Å². The minimum atomic E-state index is -4.60. The predicted molar refractivity (Wildman–Crippen MR) is 118 cm³/mol. The fourth-order valence-electron chi connectivity index (χ4n) is 3.92. The Kier molecular flexibility index (Phi) is 5.95. The number of amides is 1. The lowest BCUT2D eigenvalue weighted by Gasteiger charge is -2.30. The van der Waals surface area contributed by atoms with E-state index in [0.29, 0.717) is 0 Å². The molecule has 3 aromatic rings. The standard InChI is InChI=1S/C22H17F3N2O8S/c1-36(33,34)12-6-13-18-15(7-12)35-9-14(10-2-4-11(5-3-10)22(23,24)25)27(18)21(32)17(19(13)30)20(31)26-8-16(28)29/h2-7,14,30H,8-9H2,1H3,(H,26,31)(H,28,29). The Balaban J connectivity index is 2.01. The highest BCUT2D eigenvalue weighted by molar-refractivity contribution is 7.90. The number of aromatic nitrogens is 1. The third-order valence-corrected chi connectivity index (χ3v) is 6.69. The van der Waals surface area contributed by atoms with Crippen LogP contribution in [-0.4, -0.2) is 54.5 Å². The number of hydrogen-bond acceptors (Lipinski definition) is 7. The number of ether oxygens (including phenoxy) is 1. The first-order valence-electron chi connectivity index (χ1n) is 10.2. The van der Waals surface area contributed by atoms with Gasteiger partial charge in [0.1, 0.15) is 30.2 Å². The molecule has 1 aliphatic rings. The van der Waals surface area contributed by atoms with Crippen LogP contribution in [0.15, 0.2) is 46.1 Å². The number of alkyl halides is 3. The van der Waals surface area contributed by atoms with Crippen LogP contribution in [0.3, 0.4) is 0 Å². The number of carbonyl (C=O) groups is 2. The molecule has 1 amide bonds. The third-order valence-electron chi connectivity index (χ3n) is 5.60. The summed E-state index contributed by atoms with van der Waals surface area (Å²) in [7, 11) is -3.84. The summed E-state index contributed by atoms with van der Waals surface area (Å²) in [6.45, 7) is -1.20. The van der Waals surface area contributed by atoms with Gasteiger partial charge in [-0.2, -0.15) is 13.2 Å². The smallest absolute Gasteiger partial charge is 0.416 e. The molecule has 14 heteroatoms. The third kappa shape index (κ3) is 4.34. The number of pyridine rings is 1. The van der Waals surface area contributed by atoms with Crippen molar-refractivity contribution in [1.29, 1.82) is 0 Å². The molecule has 0 spiro atoms. The van der Waals surface area contributed by atoms with Crippen LogP contribution in [0, 0.1) is 0 Å². The Bertz CT molecular complexity index is 1580. The molecule has 0 aliphatic carbocycles. The molecule has 0 bridgehead atoms. The topological polar surface area (TPSA) is 152 Å². The second-order valence-electron chi connectivity index (χ2n) is 8.01. The number of carboxylic acid groups (broad SMARTS) is 1. The normalized spacial score (nSPS) is 15.4. The maximum Gasteiger partial charge on any atom is 0.416 e. The maximum atomic E-state index is 13.4. The molecular formula is C22H17F3N2O8S. The molecule has 1 atom stereocenters. The van der Waals surface area contributed by atoms with Gasteiger partial charge < -0.3 is 20.3 Å². The minimum absolute atomic E-state index is 0.0872. The highest BCUT2D eigenvalue weighted by Gasteiger charge is 2.34. The minimum Gasteiger partial charge on any atom is -0.506 e. The van der Waals surface area contributed by atoms with E-state index in [4.69, 9.17) is 9.84 Å². The number of benzene rings is 2. The Morgan fingerprint density at radius 3 is 2.39 bits per heavy atom. The fraction of sp³-hybridized carbons (Fsp3) is 0.227. The number of aromatic hydroxyl groups is 1. The van der Waals surface area contributed by atoms with Gasteiger partial charge in [0.25, 0.3) is 11.5 Å². The van der Waals surface area contributed by atoms with Crippen LogP contribution >= 0.6 is 0 Å². The molecule has 0 fully saturated rings. The largest absolute Gasteiger partial charge is 0.506 e. The Morgan fingerprint density at radius 2 is 1.83 bits per heavy atom. The number of nitrogens with one attached hydrogen (secondary N) is 1. The molecule has 4 rings (SSSR count). The number of carbonyl (C=O) groups excluding carboxylic acids is 1. The number of hydrogen-bond donors (Lipinski definition) is 3. The lowest BCUT2D eigenvalue weighted by atomic mass is 10.0. The number of aliphatic carboxylic acids is 1. The molecule has 10 nitrogen and oxygen atoms in total. The predicted octanol–water partition coefficient (Wildman–Crippen LogP) is 1.93. The average molecular weight is 526 g/mol. The van der Waals surface area contributed by atoms with Crippen molar-refractivity contribution in [2.45, 2.75) is 17.1 Å². The summed E-state index contributed by atoms with van der Waals surface area (Å²) in [5, 5.41) is 21.4. The van der Waals surface area contributed by atoms with Gasteiger partial charge in [0.2, 0.25) is 0 Å². The maximum absolute atomic E-state index is 13.4. The van der Waals surface area contributed by atoms with E-state index in [0.717, 1.165) is 47.2 Å². The lowest BCUT2D eigenvalue weighted by molar-refractivity contribution is -0.138. The highest BCUT2D eigenvalue weighted by Crippen LogP contribution is 2.41. The summed E-state index contributed by atoms with van der Waals surface area (Å²) in [6, 6.07) is 4.95. The number of carboxylic acids is 1. The van der Waals surface area contributed by atoms with Crippen LogP contribution < -0.4 is 15.6 Å². The summed E-state index contributed by atoms with van der Waals surface area (Å²) < 4.78 is 70.1. The van der Waals surface area contributed by atoms with E-state index in [2.05, 4.69) is 0 Å². The molecule has 0 radical (unpaired) electrons. The average Bonchev–Trinajstić information content (AvgIpc) is 2.79. The molecule has 3 N–H and O–H groups in total. The van der Waals surface area contributed by atoms with Gasteiger partial charge in [0.15, 0.2) is 9.84 Å². The van der Waals surface area contributed by atoms with Crippen LogP contribution in [0.25, 0.3) is 10.9 Å². The first-order chi connectivity index (χ1) is 16.7. The van der Waals surface area contributed by atoms with Crippen molar-refractivity contribution in [1.82, 2.24) is 9.88 Å². The van der Waals surface area contributed by atoms with Gasteiger partial charge in [0, 0.05) is 17.7 Å². The van der Waals surface area contributed by atoms with E-state index >= 15 is 0 Å². The fourth-order valence-corrected chi connectivity index (χ4v) is 4.58. The zero-order valence-electron chi connectivity index (χ0n) is 18.3. The summed E-state index contributed by atoms with van der Waals surface area (Å²) in [4.78, 5) is 36.7. The quantitative estimate of drug-likeness (QED) is 0.456. The van der Waals surface area contributed by atoms with Crippen LogP contribution in [0.5, 0.6) is 11.5 Å². The number of sulfone groups is 1. The van der Waals surface area contributed by atoms with E-state index < -0.39 is 62.9 Å². The summed E-state index contributed by atoms with van der Waals surface area (Å²) in [5.74, 6) is -3.68. The second-order valence-corrected chi connectivity index (χ2v) is 10.0. The van der Waals surface area contributed by atoms with Crippen molar-refractivity contribution in [2.24, 2.45) is 0 Å². The molecule has 36 heavy (non-hydrogen) atoms. The van der Waals surface area contributed by atoms with Gasteiger partial charge >= 0.3 is 12.1 Å². The molecule has 1 aliphatic heterocycles. The number of halogens is 3. The molecule has 2 aromatic carbocycles. The summed E-state index contributed by atoms with van der Waals surface area (Å²) in [6.07, 6.45) is -3.71. The number of nitrogens with zero attached hydrogens (tertiary/aromatic N) is 1. The second kappa shape index (κ2) is 8.55.